The number of benzene rings is 2. The van der Waals surface area contributed by atoms with Gasteiger partial charge in [-0.1, -0.05) is 19.1 Å². The molecule has 0 unspecified atom stereocenters. The number of aromatic amines is 1. The molecule has 1 heterocycles. The topological polar surface area (TPSA) is 90.4 Å². The molecular formula is C16H13NO4. The molecule has 3 rings (SSSR count). The van der Waals surface area contributed by atoms with Crippen molar-refractivity contribution >= 4 is 27.8 Å². The van der Waals surface area contributed by atoms with Crippen molar-refractivity contribution < 1.29 is 15.0 Å². The van der Waals surface area contributed by atoms with Crippen LogP contribution in [0.15, 0.2) is 35.1 Å². The molecule has 0 amide bonds. The van der Waals surface area contributed by atoms with Crippen LogP contribution in [0.4, 0.5) is 0 Å². The summed E-state index contributed by atoms with van der Waals surface area (Å²) in [5.41, 5.74) is 1.29. The minimum Gasteiger partial charge on any atom is -0.507 e. The fraction of sp³-hybridized carbons (Fsp3) is 0.125. The van der Waals surface area contributed by atoms with E-state index in [1.807, 2.05) is 13.0 Å². The van der Waals surface area contributed by atoms with Gasteiger partial charge in [0.1, 0.15) is 5.75 Å². The molecular weight excluding hydrogens is 270 g/mol. The summed E-state index contributed by atoms with van der Waals surface area (Å²) < 4.78 is 0. The van der Waals surface area contributed by atoms with E-state index in [1.54, 1.807) is 12.1 Å². The summed E-state index contributed by atoms with van der Waals surface area (Å²) >= 11 is 0. The highest BCUT2D eigenvalue weighted by Gasteiger charge is 2.17. The second kappa shape index (κ2) is 4.63. The third-order valence-corrected chi connectivity index (χ3v) is 3.67. The number of aromatic hydroxyl groups is 1. The van der Waals surface area contributed by atoms with Gasteiger partial charge in [-0.25, -0.2) is 4.79 Å². The molecule has 0 saturated heterocycles. The van der Waals surface area contributed by atoms with Crippen molar-refractivity contribution in [2.24, 2.45) is 0 Å². The van der Waals surface area contributed by atoms with E-state index < -0.39 is 5.97 Å². The van der Waals surface area contributed by atoms with Crippen LogP contribution in [0.2, 0.25) is 0 Å². The van der Waals surface area contributed by atoms with Gasteiger partial charge in [0.15, 0.2) is 0 Å². The number of carboxylic acids is 1. The van der Waals surface area contributed by atoms with Gasteiger partial charge in [0.25, 0.3) is 0 Å². The summed E-state index contributed by atoms with van der Waals surface area (Å²) in [5.74, 6) is -1.37. The standard InChI is InChI=1S/C16H13NO4/c1-2-8-4-3-5-9-13(8)17-14-10(16(20)21)6-7-11(18)12(14)15(9)19/h3-7,18H,2H2,1H3,(H,17,19)(H,20,21). The maximum absolute atomic E-state index is 12.6. The normalized spacial score (nSPS) is 11.1. The number of carbonyl (C=O) groups is 1. The number of H-pyrrole nitrogens is 1. The molecule has 0 fully saturated rings. The molecule has 0 spiro atoms. The number of hydrogen-bond acceptors (Lipinski definition) is 3. The number of carboxylic acid groups (broad SMARTS) is 1. The number of aromatic carboxylic acids is 1. The van der Waals surface area contributed by atoms with Crippen LogP contribution in [-0.2, 0) is 6.42 Å². The summed E-state index contributed by atoms with van der Waals surface area (Å²) in [5, 5.41) is 19.6. The molecule has 1 aromatic heterocycles. The number of aromatic nitrogens is 1. The zero-order valence-electron chi connectivity index (χ0n) is 11.3. The van der Waals surface area contributed by atoms with Gasteiger partial charge in [0.2, 0.25) is 5.43 Å². The molecule has 0 radical (unpaired) electrons. The molecule has 2 aromatic carbocycles. The lowest BCUT2D eigenvalue weighted by molar-refractivity contribution is 0.0699. The number of nitrogens with one attached hydrogen (secondary N) is 1. The van der Waals surface area contributed by atoms with E-state index >= 15 is 0 Å². The predicted octanol–water partition coefficient (Wildman–Crippen LogP) is 2.65. The van der Waals surface area contributed by atoms with E-state index in [4.69, 9.17) is 0 Å². The number of phenols is 1. The fourth-order valence-corrected chi connectivity index (χ4v) is 2.62. The largest absolute Gasteiger partial charge is 0.507 e. The third kappa shape index (κ3) is 1.86. The Morgan fingerprint density at radius 2 is 1.95 bits per heavy atom. The lowest BCUT2D eigenvalue weighted by atomic mass is 10.0. The van der Waals surface area contributed by atoms with Gasteiger partial charge in [-0.05, 0) is 30.2 Å². The average molecular weight is 283 g/mol. The van der Waals surface area contributed by atoms with Crippen LogP contribution in [0, 0.1) is 0 Å². The molecule has 5 heteroatoms. The second-order valence-corrected chi connectivity index (χ2v) is 4.83. The number of phenolic OH excluding ortho intramolecular Hbond substituents is 1. The number of pyridine rings is 1. The summed E-state index contributed by atoms with van der Waals surface area (Å²) in [6.45, 7) is 1.96. The van der Waals surface area contributed by atoms with Gasteiger partial charge < -0.3 is 15.2 Å². The van der Waals surface area contributed by atoms with Gasteiger partial charge in [-0.2, -0.15) is 0 Å². The van der Waals surface area contributed by atoms with Crippen molar-refractivity contribution in [3.8, 4) is 5.75 Å². The summed E-state index contributed by atoms with van der Waals surface area (Å²) in [6.07, 6.45) is 0.708. The molecule has 3 aromatic rings. The van der Waals surface area contributed by atoms with Crippen LogP contribution >= 0.6 is 0 Å². The Bertz CT molecular complexity index is 940. The van der Waals surface area contributed by atoms with Gasteiger partial charge >= 0.3 is 5.97 Å². The molecule has 3 N–H and O–H groups in total. The number of rotatable bonds is 2. The number of aryl methyl sites for hydroxylation is 1. The molecule has 106 valence electrons. The van der Waals surface area contributed by atoms with Crippen molar-refractivity contribution in [3.63, 3.8) is 0 Å². The van der Waals surface area contributed by atoms with Gasteiger partial charge in [-0.15, -0.1) is 0 Å². The predicted molar refractivity (Wildman–Crippen MR) is 80.1 cm³/mol. The minimum atomic E-state index is -1.15. The Morgan fingerprint density at radius 3 is 2.62 bits per heavy atom. The first-order valence-corrected chi connectivity index (χ1v) is 6.57. The van der Waals surface area contributed by atoms with E-state index in [1.165, 1.54) is 12.1 Å². The van der Waals surface area contributed by atoms with E-state index in [0.717, 1.165) is 5.56 Å². The van der Waals surface area contributed by atoms with Gasteiger partial charge in [0, 0.05) is 5.39 Å². The zero-order chi connectivity index (χ0) is 15.1. The van der Waals surface area contributed by atoms with Crippen LogP contribution < -0.4 is 5.43 Å². The molecule has 0 aliphatic rings. The lowest BCUT2D eigenvalue weighted by Crippen LogP contribution is -2.09. The number of fused-ring (bicyclic) bond motifs is 2. The highest BCUT2D eigenvalue weighted by Crippen LogP contribution is 2.27. The first-order chi connectivity index (χ1) is 10.0. The molecule has 5 nitrogen and oxygen atoms in total. The quantitative estimate of drug-likeness (QED) is 0.631. The van der Waals surface area contributed by atoms with E-state index in [9.17, 15) is 19.8 Å². The van der Waals surface area contributed by atoms with Crippen molar-refractivity contribution in [2.75, 3.05) is 0 Å². The molecule has 0 atom stereocenters. The summed E-state index contributed by atoms with van der Waals surface area (Å²) in [4.78, 5) is 26.9. The van der Waals surface area contributed by atoms with Gasteiger partial charge in [0.05, 0.1) is 22.0 Å². The Hall–Kier alpha value is -2.82. The highest BCUT2D eigenvalue weighted by molar-refractivity contribution is 6.07. The van der Waals surface area contributed by atoms with Crippen molar-refractivity contribution in [2.45, 2.75) is 13.3 Å². The fourth-order valence-electron chi connectivity index (χ4n) is 2.62. The molecule has 0 saturated carbocycles. The van der Waals surface area contributed by atoms with Gasteiger partial charge in [-0.3, -0.25) is 4.79 Å². The third-order valence-electron chi connectivity index (χ3n) is 3.67. The first-order valence-electron chi connectivity index (χ1n) is 6.57. The smallest absolute Gasteiger partial charge is 0.337 e. The summed E-state index contributed by atoms with van der Waals surface area (Å²) in [7, 11) is 0. The van der Waals surface area contributed by atoms with Crippen LogP contribution in [-0.4, -0.2) is 21.2 Å². The zero-order valence-corrected chi connectivity index (χ0v) is 11.3. The van der Waals surface area contributed by atoms with Crippen molar-refractivity contribution in [3.05, 3.63) is 51.7 Å². The minimum absolute atomic E-state index is 0.00986. The second-order valence-electron chi connectivity index (χ2n) is 4.83. The maximum atomic E-state index is 12.6. The summed E-state index contributed by atoms with van der Waals surface area (Å²) in [6, 6.07) is 7.85. The van der Waals surface area contributed by atoms with Crippen LogP contribution in [0.3, 0.4) is 0 Å². The van der Waals surface area contributed by atoms with Crippen LogP contribution in [0.5, 0.6) is 5.75 Å². The number of para-hydroxylation sites is 1. The first kappa shape index (κ1) is 13.2. The van der Waals surface area contributed by atoms with E-state index in [0.29, 0.717) is 17.3 Å². The average Bonchev–Trinajstić information content (AvgIpc) is 2.46. The molecule has 0 aliphatic carbocycles. The van der Waals surface area contributed by atoms with E-state index in [2.05, 4.69) is 4.98 Å². The van der Waals surface area contributed by atoms with E-state index in [-0.39, 0.29) is 27.6 Å². The highest BCUT2D eigenvalue weighted by atomic mass is 16.4. The molecule has 0 aliphatic heterocycles. The van der Waals surface area contributed by atoms with Crippen molar-refractivity contribution in [1.29, 1.82) is 0 Å². The van der Waals surface area contributed by atoms with Crippen LogP contribution in [0.1, 0.15) is 22.8 Å². The SMILES string of the molecule is CCc1cccc2c(=O)c3c(O)ccc(C(=O)O)c3[nH]c12. The van der Waals surface area contributed by atoms with Crippen molar-refractivity contribution in [1.82, 2.24) is 4.98 Å². The molecule has 0 bridgehead atoms. The Labute approximate surface area is 119 Å². The Morgan fingerprint density at radius 1 is 1.19 bits per heavy atom. The lowest BCUT2D eigenvalue weighted by Gasteiger charge is -2.09. The monoisotopic (exact) mass is 283 g/mol. The Kier molecular flexibility index (Phi) is 2.90. The number of hydrogen-bond donors (Lipinski definition) is 3. The maximum Gasteiger partial charge on any atom is 0.337 e. The Balaban J connectivity index is 2.63. The molecule has 21 heavy (non-hydrogen) atoms. The van der Waals surface area contributed by atoms with Crippen LogP contribution in [0.25, 0.3) is 21.8 Å².